The minimum Gasteiger partial charge on any atom is -0.392 e. The first-order chi connectivity index (χ1) is 7.18. The topological polar surface area (TPSA) is 50.4 Å². The Kier molecular flexibility index (Phi) is 2.93. The quantitative estimate of drug-likeness (QED) is 0.803. The highest BCUT2D eigenvalue weighted by Crippen LogP contribution is 2.23. The molecular formula is C10H13N3OS. The Morgan fingerprint density at radius 2 is 2.13 bits per heavy atom. The summed E-state index contributed by atoms with van der Waals surface area (Å²) in [6, 6.07) is 5.77. The molecule has 2 aromatic rings. The summed E-state index contributed by atoms with van der Waals surface area (Å²) in [7, 11) is 0. The third-order valence-corrected chi connectivity index (χ3v) is 3.51. The van der Waals surface area contributed by atoms with E-state index >= 15 is 0 Å². The molecule has 2 atom stereocenters. The molecule has 0 radical (unpaired) electrons. The van der Waals surface area contributed by atoms with Crippen molar-refractivity contribution in [2.75, 3.05) is 0 Å². The zero-order valence-electron chi connectivity index (χ0n) is 8.66. The van der Waals surface area contributed by atoms with Gasteiger partial charge in [0.1, 0.15) is 0 Å². The van der Waals surface area contributed by atoms with Crippen LogP contribution in [0.1, 0.15) is 13.8 Å². The molecule has 0 saturated carbocycles. The molecule has 2 unspecified atom stereocenters. The maximum atomic E-state index is 9.41. The van der Waals surface area contributed by atoms with E-state index in [0.29, 0.717) is 0 Å². The molecule has 2 rings (SSSR count). The van der Waals surface area contributed by atoms with E-state index in [4.69, 9.17) is 0 Å². The van der Waals surface area contributed by atoms with Gasteiger partial charge in [0.2, 0.25) is 0 Å². The number of aliphatic hydroxyl groups is 1. The number of aromatic nitrogens is 3. The molecule has 0 saturated heterocycles. The summed E-state index contributed by atoms with van der Waals surface area (Å²) in [6.07, 6.45) is 1.57. The molecule has 0 aliphatic carbocycles. The fraction of sp³-hybridized carbons (Fsp3) is 0.400. The maximum absolute atomic E-state index is 9.41. The predicted octanol–water partition coefficient (Wildman–Crippen LogP) is 1.59. The van der Waals surface area contributed by atoms with Gasteiger partial charge >= 0.3 is 0 Å². The van der Waals surface area contributed by atoms with Gasteiger partial charge in [-0.15, -0.1) is 10.2 Å². The summed E-state index contributed by atoms with van der Waals surface area (Å²) in [5.41, 5.74) is 0.831. The standard InChI is InChI=1S/C10H13N3OS/c1-7(14)8(2)15-10-12-11-9-5-3-4-6-13(9)10/h3-8,14H,1-2H3. The summed E-state index contributed by atoms with van der Waals surface area (Å²) in [5.74, 6) is 0. The van der Waals surface area contributed by atoms with Gasteiger partial charge < -0.3 is 5.11 Å². The lowest BCUT2D eigenvalue weighted by molar-refractivity contribution is 0.196. The molecule has 4 nitrogen and oxygen atoms in total. The molecule has 80 valence electrons. The summed E-state index contributed by atoms with van der Waals surface area (Å²) >= 11 is 1.53. The lowest BCUT2D eigenvalue weighted by atomic mass is 10.3. The van der Waals surface area contributed by atoms with Gasteiger partial charge in [-0.2, -0.15) is 0 Å². The Morgan fingerprint density at radius 3 is 2.87 bits per heavy atom. The van der Waals surface area contributed by atoms with Crippen LogP contribution in [0, 0.1) is 0 Å². The number of thioether (sulfide) groups is 1. The van der Waals surface area contributed by atoms with Crippen molar-refractivity contribution >= 4 is 17.4 Å². The van der Waals surface area contributed by atoms with E-state index in [1.165, 1.54) is 11.8 Å². The first-order valence-corrected chi connectivity index (χ1v) is 5.71. The lowest BCUT2D eigenvalue weighted by Crippen LogP contribution is -2.15. The number of nitrogens with zero attached hydrogens (tertiary/aromatic N) is 3. The van der Waals surface area contributed by atoms with Crippen LogP contribution >= 0.6 is 11.8 Å². The summed E-state index contributed by atoms with van der Waals surface area (Å²) in [6.45, 7) is 3.75. The van der Waals surface area contributed by atoms with Crippen molar-refractivity contribution in [3.05, 3.63) is 24.4 Å². The van der Waals surface area contributed by atoms with Crippen LogP contribution in [0.4, 0.5) is 0 Å². The Hall–Kier alpha value is -1.07. The van der Waals surface area contributed by atoms with Crippen LogP contribution in [0.5, 0.6) is 0 Å². The van der Waals surface area contributed by atoms with Crippen LogP contribution in [0.25, 0.3) is 5.65 Å². The van der Waals surface area contributed by atoms with Gasteiger partial charge in [-0.25, -0.2) is 0 Å². The molecule has 1 N–H and O–H groups in total. The predicted molar refractivity (Wildman–Crippen MR) is 60.0 cm³/mol. The van der Waals surface area contributed by atoms with Crippen molar-refractivity contribution in [2.24, 2.45) is 0 Å². The van der Waals surface area contributed by atoms with E-state index in [1.807, 2.05) is 35.7 Å². The molecule has 5 heteroatoms. The summed E-state index contributed by atoms with van der Waals surface area (Å²) in [5, 5.41) is 18.5. The van der Waals surface area contributed by atoms with Gasteiger partial charge in [0.05, 0.1) is 6.10 Å². The Bertz CT molecular complexity index is 455. The zero-order chi connectivity index (χ0) is 10.8. The van der Waals surface area contributed by atoms with Crippen molar-refractivity contribution in [2.45, 2.75) is 30.4 Å². The number of hydrogen-bond donors (Lipinski definition) is 1. The van der Waals surface area contributed by atoms with E-state index in [-0.39, 0.29) is 11.4 Å². The van der Waals surface area contributed by atoms with Gasteiger partial charge in [0, 0.05) is 11.4 Å². The highest BCUT2D eigenvalue weighted by molar-refractivity contribution is 7.99. The Balaban J connectivity index is 2.29. The van der Waals surface area contributed by atoms with Gasteiger partial charge in [-0.1, -0.05) is 24.8 Å². The minimum absolute atomic E-state index is 0.109. The van der Waals surface area contributed by atoms with Crippen LogP contribution in [-0.2, 0) is 0 Å². The second-order valence-electron chi connectivity index (χ2n) is 3.47. The van der Waals surface area contributed by atoms with E-state index < -0.39 is 0 Å². The van der Waals surface area contributed by atoms with E-state index in [1.54, 1.807) is 6.92 Å². The fourth-order valence-electron chi connectivity index (χ4n) is 1.16. The molecule has 0 bridgehead atoms. The largest absolute Gasteiger partial charge is 0.392 e. The van der Waals surface area contributed by atoms with E-state index in [0.717, 1.165) is 10.8 Å². The highest BCUT2D eigenvalue weighted by Gasteiger charge is 2.14. The van der Waals surface area contributed by atoms with Crippen LogP contribution in [0.15, 0.2) is 29.6 Å². The monoisotopic (exact) mass is 223 g/mol. The first-order valence-electron chi connectivity index (χ1n) is 4.83. The number of rotatable bonds is 3. The first kappa shape index (κ1) is 10.4. The number of aliphatic hydroxyl groups excluding tert-OH is 1. The zero-order valence-corrected chi connectivity index (χ0v) is 9.48. The second-order valence-corrected chi connectivity index (χ2v) is 4.82. The van der Waals surface area contributed by atoms with Crippen LogP contribution in [-0.4, -0.2) is 31.1 Å². The average Bonchev–Trinajstić information content (AvgIpc) is 2.62. The Labute approximate surface area is 92.3 Å². The highest BCUT2D eigenvalue weighted by atomic mass is 32.2. The molecule has 15 heavy (non-hydrogen) atoms. The molecule has 0 aliphatic rings. The molecule has 0 aromatic carbocycles. The van der Waals surface area contributed by atoms with E-state index in [9.17, 15) is 5.11 Å². The number of hydrogen-bond acceptors (Lipinski definition) is 4. The van der Waals surface area contributed by atoms with Crippen molar-refractivity contribution in [3.63, 3.8) is 0 Å². The van der Waals surface area contributed by atoms with E-state index in [2.05, 4.69) is 10.2 Å². The average molecular weight is 223 g/mol. The number of fused-ring (bicyclic) bond motifs is 1. The van der Waals surface area contributed by atoms with Crippen molar-refractivity contribution in [1.82, 2.24) is 14.6 Å². The number of pyridine rings is 1. The van der Waals surface area contributed by atoms with Crippen molar-refractivity contribution < 1.29 is 5.11 Å². The molecule has 2 heterocycles. The molecular weight excluding hydrogens is 210 g/mol. The Morgan fingerprint density at radius 1 is 1.33 bits per heavy atom. The third kappa shape index (κ3) is 2.13. The fourth-order valence-corrected chi connectivity index (χ4v) is 2.05. The normalized spacial score (nSPS) is 15.4. The van der Waals surface area contributed by atoms with Crippen molar-refractivity contribution in [3.8, 4) is 0 Å². The lowest BCUT2D eigenvalue weighted by Gasteiger charge is -2.11. The molecule has 0 fully saturated rings. The summed E-state index contributed by atoms with van der Waals surface area (Å²) < 4.78 is 1.92. The van der Waals surface area contributed by atoms with Crippen LogP contribution < -0.4 is 0 Å². The third-order valence-electron chi connectivity index (χ3n) is 2.25. The minimum atomic E-state index is -0.355. The van der Waals surface area contributed by atoms with Gasteiger partial charge in [0.25, 0.3) is 0 Å². The smallest absolute Gasteiger partial charge is 0.195 e. The molecule has 0 aliphatic heterocycles. The second kappa shape index (κ2) is 4.20. The van der Waals surface area contributed by atoms with Crippen LogP contribution in [0.3, 0.4) is 0 Å². The maximum Gasteiger partial charge on any atom is 0.195 e. The SMILES string of the molecule is CC(O)C(C)Sc1nnc2ccccn12. The summed E-state index contributed by atoms with van der Waals surface area (Å²) in [4.78, 5) is 0. The van der Waals surface area contributed by atoms with Gasteiger partial charge in [-0.3, -0.25) is 4.40 Å². The molecule has 0 spiro atoms. The van der Waals surface area contributed by atoms with Gasteiger partial charge in [-0.05, 0) is 19.1 Å². The molecule has 0 amide bonds. The molecule has 2 aromatic heterocycles. The van der Waals surface area contributed by atoms with Gasteiger partial charge in [0.15, 0.2) is 10.8 Å². The van der Waals surface area contributed by atoms with Crippen LogP contribution in [0.2, 0.25) is 0 Å². The van der Waals surface area contributed by atoms with Crippen molar-refractivity contribution in [1.29, 1.82) is 0 Å².